The van der Waals surface area contributed by atoms with Gasteiger partial charge in [0.2, 0.25) is 0 Å². The number of rotatable bonds is 7. The van der Waals surface area contributed by atoms with E-state index in [-0.39, 0.29) is 0 Å². The monoisotopic (exact) mass is 726 g/mol. The minimum Gasteiger partial charge on any atom is -0.456 e. The van der Waals surface area contributed by atoms with Gasteiger partial charge in [0.15, 0.2) is 0 Å². The molecular weight excluding hydrogens is 677 g/mol. The van der Waals surface area contributed by atoms with Crippen LogP contribution >= 0.6 is 0 Å². The quantitative estimate of drug-likeness (QED) is 0.118. The van der Waals surface area contributed by atoms with E-state index in [1.54, 1.807) is 0 Å². The molecule has 0 amide bonds. The molecule has 0 unspecified atom stereocenters. The third kappa shape index (κ3) is 7.72. The van der Waals surface area contributed by atoms with Crippen LogP contribution in [0.3, 0.4) is 0 Å². The predicted molar refractivity (Wildman–Crippen MR) is 246 cm³/mol. The molecule has 56 heavy (non-hydrogen) atoms. The Hall–Kier alpha value is -6.44. The SMILES string of the molecule is C/C=C(/C=C(\CC)c1ccccc1)c1ccccc1.C=C(C)C1=CC=CC(c2cccc(-c3cc4oc5cccc6c7ccccc7c(c3)c4c56)c2)=CC1.CC. The second kappa shape index (κ2) is 17.4. The van der Waals surface area contributed by atoms with Crippen LogP contribution in [0.5, 0.6) is 0 Å². The van der Waals surface area contributed by atoms with Crippen LogP contribution in [0.15, 0.2) is 198 Å². The van der Waals surface area contributed by atoms with Crippen LogP contribution in [-0.4, -0.2) is 0 Å². The van der Waals surface area contributed by atoms with E-state index in [0.29, 0.717) is 0 Å². The van der Waals surface area contributed by atoms with E-state index in [4.69, 9.17) is 4.42 Å². The molecule has 0 atom stereocenters. The maximum absolute atomic E-state index is 6.41. The fraction of sp³-hybridized carbons (Fsp3) is 0.127. The van der Waals surface area contributed by atoms with Crippen LogP contribution < -0.4 is 0 Å². The Morgan fingerprint density at radius 1 is 0.643 bits per heavy atom. The highest BCUT2D eigenvalue weighted by Crippen LogP contribution is 2.44. The van der Waals surface area contributed by atoms with Crippen molar-refractivity contribution in [3.05, 3.63) is 210 Å². The molecule has 8 aromatic rings. The van der Waals surface area contributed by atoms with E-state index in [2.05, 4.69) is 203 Å². The molecule has 0 saturated heterocycles. The highest BCUT2D eigenvalue weighted by atomic mass is 16.3. The summed E-state index contributed by atoms with van der Waals surface area (Å²) in [4.78, 5) is 0. The number of fused-ring (bicyclic) bond motifs is 3. The smallest absolute Gasteiger partial charge is 0.136 e. The third-order valence-corrected chi connectivity index (χ3v) is 10.6. The highest BCUT2D eigenvalue weighted by molar-refractivity contribution is 6.33. The van der Waals surface area contributed by atoms with Gasteiger partial charge in [-0.1, -0.05) is 185 Å². The number of hydrogen-bond donors (Lipinski definition) is 0. The van der Waals surface area contributed by atoms with Gasteiger partial charge in [-0.15, -0.1) is 0 Å². The first-order valence-electron chi connectivity index (χ1n) is 19.9. The lowest BCUT2D eigenvalue weighted by Gasteiger charge is -2.11. The summed E-state index contributed by atoms with van der Waals surface area (Å²) in [6, 6.07) is 49.6. The predicted octanol–water partition coefficient (Wildman–Crippen LogP) is 16.5. The van der Waals surface area contributed by atoms with Crippen molar-refractivity contribution in [3.63, 3.8) is 0 Å². The summed E-state index contributed by atoms with van der Waals surface area (Å²) in [6.07, 6.45) is 15.2. The second-order valence-corrected chi connectivity index (χ2v) is 14.0. The Balaban J connectivity index is 0.000000195. The van der Waals surface area contributed by atoms with Gasteiger partial charge in [-0.05, 0) is 123 Å². The van der Waals surface area contributed by atoms with Crippen LogP contribution in [0.2, 0.25) is 0 Å². The maximum Gasteiger partial charge on any atom is 0.136 e. The Morgan fingerprint density at radius 2 is 1.27 bits per heavy atom. The summed E-state index contributed by atoms with van der Waals surface area (Å²) in [5, 5.41) is 7.50. The molecule has 1 aromatic heterocycles. The van der Waals surface area contributed by atoms with Crippen molar-refractivity contribution in [2.24, 2.45) is 0 Å². The molecule has 0 bridgehead atoms. The molecule has 0 fully saturated rings. The Labute approximate surface area is 332 Å². The number of allylic oxidation sites excluding steroid dienone is 11. The van der Waals surface area contributed by atoms with Gasteiger partial charge in [0.05, 0.1) is 0 Å². The van der Waals surface area contributed by atoms with Crippen LogP contribution in [0.25, 0.3) is 71.3 Å². The summed E-state index contributed by atoms with van der Waals surface area (Å²) >= 11 is 0. The molecule has 276 valence electrons. The summed E-state index contributed by atoms with van der Waals surface area (Å²) in [6.45, 7) is 14.5. The standard InChI is InChI=1S/C34H24O.C19H20.C2H6/c1-21(2)22-8-5-9-23(17-16-22)24-10-6-11-25(18-24)26-19-30-28-13-4-3-12-27(28)29-14-7-15-31-33(29)34(30)32(20-26)35-31;1-3-16(18-11-7-5-8-12-18)15-17(4-2)19-13-9-6-10-14-19;1-2/h3-15,17-20H,1,16H2,2H3;3,5-15H,4H2,1-2H3;1-2H3/b;16-3-,17-15+;. The molecule has 9 rings (SSSR count). The fourth-order valence-electron chi connectivity index (χ4n) is 7.73. The zero-order chi connectivity index (χ0) is 39.0. The van der Waals surface area contributed by atoms with E-state index >= 15 is 0 Å². The van der Waals surface area contributed by atoms with Gasteiger partial charge in [0.1, 0.15) is 11.2 Å². The molecule has 1 heterocycles. The van der Waals surface area contributed by atoms with Crippen molar-refractivity contribution in [1.82, 2.24) is 0 Å². The highest BCUT2D eigenvalue weighted by Gasteiger charge is 2.18. The van der Waals surface area contributed by atoms with Crippen molar-refractivity contribution in [1.29, 1.82) is 0 Å². The second-order valence-electron chi connectivity index (χ2n) is 14.0. The zero-order valence-electron chi connectivity index (χ0n) is 33.3. The lowest BCUT2D eigenvalue weighted by atomic mass is 9.91. The molecule has 1 nitrogen and oxygen atoms in total. The average molecular weight is 727 g/mol. The van der Waals surface area contributed by atoms with Crippen LogP contribution in [0.4, 0.5) is 0 Å². The van der Waals surface area contributed by atoms with Crippen molar-refractivity contribution in [3.8, 4) is 11.1 Å². The molecule has 1 aliphatic carbocycles. The van der Waals surface area contributed by atoms with Crippen molar-refractivity contribution >= 4 is 60.2 Å². The molecule has 0 aliphatic heterocycles. The van der Waals surface area contributed by atoms with Crippen LogP contribution in [-0.2, 0) is 0 Å². The number of hydrogen-bond acceptors (Lipinski definition) is 1. The summed E-state index contributed by atoms with van der Waals surface area (Å²) in [5.74, 6) is 0. The van der Waals surface area contributed by atoms with E-state index in [1.807, 2.05) is 13.8 Å². The number of furan rings is 1. The molecule has 0 spiro atoms. The Morgan fingerprint density at radius 3 is 1.96 bits per heavy atom. The van der Waals surface area contributed by atoms with Gasteiger partial charge < -0.3 is 4.42 Å². The molecule has 0 N–H and O–H groups in total. The first-order chi connectivity index (χ1) is 27.5. The minimum absolute atomic E-state index is 0.899. The molecule has 1 heteroatoms. The normalized spacial score (nSPS) is 13.2. The van der Waals surface area contributed by atoms with Gasteiger partial charge in [-0.25, -0.2) is 0 Å². The van der Waals surface area contributed by atoms with Crippen LogP contribution in [0.1, 0.15) is 64.2 Å². The van der Waals surface area contributed by atoms with Gasteiger partial charge in [-0.3, -0.25) is 0 Å². The van der Waals surface area contributed by atoms with Crippen molar-refractivity contribution in [2.45, 2.75) is 47.5 Å². The van der Waals surface area contributed by atoms with E-state index in [9.17, 15) is 0 Å². The van der Waals surface area contributed by atoms with Gasteiger partial charge >= 0.3 is 0 Å². The molecule has 7 aromatic carbocycles. The Kier molecular flexibility index (Phi) is 11.7. The largest absolute Gasteiger partial charge is 0.456 e. The van der Waals surface area contributed by atoms with E-state index in [1.165, 1.54) is 82.4 Å². The molecular formula is C55H50O. The van der Waals surface area contributed by atoms with Crippen molar-refractivity contribution < 1.29 is 4.42 Å². The van der Waals surface area contributed by atoms with Crippen LogP contribution in [0, 0.1) is 0 Å². The maximum atomic E-state index is 6.41. The molecule has 0 saturated carbocycles. The average Bonchev–Trinajstić information content (AvgIpc) is 3.46. The lowest BCUT2D eigenvalue weighted by Crippen LogP contribution is -1.87. The van der Waals surface area contributed by atoms with E-state index in [0.717, 1.165) is 29.6 Å². The third-order valence-electron chi connectivity index (χ3n) is 10.6. The van der Waals surface area contributed by atoms with Gasteiger partial charge in [0.25, 0.3) is 0 Å². The molecule has 0 radical (unpaired) electrons. The summed E-state index contributed by atoms with van der Waals surface area (Å²) < 4.78 is 6.41. The van der Waals surface area contributed by atoms with Crippen molar-refractivity contribution in [2.75, 3.05) is 0 Å². The Bertz CT molecular complexity index is 2780. The van der Waals surface area contributed by atoms with Gasteiger partial charge in [0, 0.05) is 10.8 Å². The van der Waals surface area contributed by atoms with Gasteiger partial charge in [-0.2, -0.15) is 0 Å². The zero-order valence-corrected chi connectivity index (χ0v) is 33.3. The minimum atomic E-state index is 0.899. The fourth-order valence-corrected chi connectivity index (χ4v) is 7.73. The summed E-state index contributed by atoms with van der Waals surface area (Å²) in [5.41, 5.74) is 14.3. The summed E-state index contributed by atoms with van der Waals surface area (Å²) in [7, 11) is 0. The molecule has 1 aliphatic rings. The number of benzene rings is 7. The first kappa shape index (κ1) is 37.9. The lowest BCUT2D eigenvalue weighted by molar-refractivity contribution is 0.669. The topological polar surface area (TPSA) is 13.1 Å². The first-order valence-corrected chi connectivity index (χ1v) is 19.9. The van der Waals surface area contributed by atoms with E-state index < -0.39 is 0 Å².